The maximum atomic E-state index is 12.3. The summed E-state index contributed by atoms with van der Waals surface area (Å²) in [5.74, 6) is 0.627. The van der Waals surface area contributed by atoms with Crippen LogP contribution in [0.1, 0.15) is 26.7 Å². The van der Waals surface area contributed by atoms with Crippen LogP contribution >= 0.6 is 0 Å². The van der Waals surface area contributed by atoms with E-state index in [4.69, 9.17) is 0 Å². The molecular weight excluding hydrogens is 396 g/mol. The molecule has 1 aliphatic heterocycles. The number of piperidine rings is 1. The molecule has 1 aromatic rings. The highest BCUT2D eigenvalue weighted by Crippen LogP contribution is 2.17. The monoisotopic (exact) mass is 426 g/mol. The van der Waals surface area contributed by atoms with Gasteiger partial charge >= 0.3 is 0 Å². The molecule has 0 aliphatic carbocycles. The van der Waals surface area contributed by atoms with Gasteiger partial charge in [0.2, 0.25) is 10.0 Å². The molecule has 29 heavy (non-hydrogen) atoms. The summed E-state index contributed by atoms with van der Waals surface area (Å²) in [4.78, 5) is 16.7. The second kappa shape index (κ2) is 10.5. The first-order valence-electron chi connectivity index (χ1n) is 9.68. The zero-order valence-electron chi connectivity index (χ0n) is 17.1. The molecule has 0 radical (unpaired) electrons. The molecule has 1 aromatic carbocycles. The molecule has 0 bridgehead atoms. The maximum Gasteiger partial charge on any atom is 0.270 e. The number of non-ortho nitro benzene ring substituents is 1. The number of hydrogen-bond acceptors (Lipinski definition) is 6. The van der Waals surface area contributed by atoms with Crippen molar-refractivity contribution in [1.82, 2.24) is 20.3 Å². The summed E-state index contributed by atoms with van der Waals surface area (Å²) in [6.45, 7) is 6.92. The summed E-state index contributed by atoms with van der Waals surface area (Å²) in [6, 6.07) is 5.85. The van der Waals surface area contributed by atoms with Crippen LogP contribution in [0.15, 0.2) is 34.2 Å². The molecule has 0 atom stereocenters. The molecule has 162 valence electrons. The van der Waals surface area contributed by atoms with E-state index in [1.807, 2.05) is 0 Å². The number of guanidine groups is 1. The lowest BCUT2D eigenvalue weighted by Gasteiger charge is -2.35. The van der Waals surface area contributed by atoms with Gasteiger partial charge in [-0.3, -0.25) is 15.1 Å². The van der Waals surface area contributed by atoms with E-state index in [1.54, 1.807) is 7.05 Å². The lowest BCUT2D eigenvalue weighted by molar-refractivity contribution is -0.385. The number of nitrogens with zero attached hydrogens (tertiary/aromatic N) is 3. The minimum absolute atomic E-state index is 0.123. The number of aliphatic imine (C=N–C) groups is 1. The first-order valence-corrected chi connectivity index (χ1v) is 11.2. The van der Waals surface area contributed by atoms with Gasteiger partial charge in [0.15, 0.2) is 5.96 Å². The minimum Gasteiger partial charge on any atom is -0.355 e. The Morgan fingerprint density at radius 1 is 1.31 bits per heavy atom. The number of benzene rings is 1. The largest absolute Gasteiger partial charge is 0.355 e. The Balaban J connectivity index is 1.78. The molecule has 3 N–H and O–H groups in total. The van der Waals surface area contributed by atoms with E-state index in [1.165, 1.54) is 18.2 Å². The van der Waals surface area contributed by atoms with Crippen LogP contribution in [0.25, 0.3) is 0 Å². The third-order valence-electron chi connectivity index (χ3n) is 4.87. The quantitative estimate of drug-likeness (QED) is 0.185. The van der Waals surface area contributed by atoms with Crippen molar-refractivity contribution in [2.45, 2.75) is 43.7 Å². The lowest BCUT2D eigenvalue weighted by Crippen LogP contribution is -2.50. The summed E-state index contributed by atoms with van der Waals surface area (Å²) in [5, 5.41) is 17.3. The van der Waals surface area contributed by atoms with E-state index < -0.39 is 14.9 Å². The highest BCUT2D eigenvalue weighted by molar-refractivity contribution is 7.89. The Labute approximate surface area is 172 Å². The highest BCUT2D eigenvalue weighted by atomic mass is 32.2. The molecule has 0 amide bonds. The van der Waals surface area contributed by atoms with Crippen LogP contribution in [0.3, 0.4) is 0 Å². The number of nitrogens with one attached hydrogen (secondary N) is 3. The molecule has 0 unspecified atom stereocenters. The molecule has 0 saturated carbocycles. The number of nitro benzene ring substituents is 1. The van der Waals surface area contributed by atoms with Crippen LogP contribution in [-0.4, -0.2) is 69.5 Å². The average Bonchev–Trinajstić information content (AvgIpc) is 2.70. The minimum atomic E-state index is -3.82. The van der Waals surface area contributed by atoms with Crippen molar-refractivity contribution >= 4 is 21.7 Å². The summed E-state index contributed by atoms with van der Waals surface area (Å²) < 4.78 is 27.1. The van der Waals surface area contributed by atoms with Gasteiger partial charge in [-0.25, -0.2) is 13.1 Å². The van der Waals surface area contributed by atoms with Gasteiger partial charge in [-0.15, -0.1) is 0 Å². The first-order chi connectivity index (χ1) is 13.7. The summed E-state index contributed by atoms with van der Waals surface area (Å²) in [5.41, 5.74) is -0.265. The second-order valence-corrected chi connectivity index (χ2v) is 8.97. The van der Waals surface area contributed by atoms with Crippen LogP contribution < -0.4 is 15.4 Å². The third kappa shape index (κ3) is 6.94. The van der Waals surface area contributed by atoms with E-state index in [2.05, 4.69) is 39.1 Å². The molecule has 11 heteroatoms. The van der Waals surface area contributed by atoms with Crippen LogP contribution in [0, 0.1) is 10.1 Å². The smallest absolute Gasteiger partial charge is 0.270 e. The molecule has 0 aromatic heterocycles. The Hall–Kier alpha value is -2.24. The third-order valence-corrected chi connectivity index (χ3v) is 6.33. The molecule has 1 heterocycles. The summed E-state index contributed by atoms with van der Waals surface area (Å²) >= 11 is 0. The highest BCUT2D eigenvalue weighted by Gasteiger charge is 2.21. The molecule has 0 spiro atoms. The van der Waals surface area contributed by atoms with Crippen molar-refractivity contribution in [3.05, 3.63) is 34.4 Å². The number of hydrogen-bond donors (Lipinski definition) is 3. The Morgan fingerprint density at radius 2 is 2.00 bits per heavy atom. The van der Waals surface area contributed by atoms with E-state index in [9.17, 15) is 18.5 Å². The van der Waals surface area contributed by atoms with Gasteiger partial charge in [-0.05, 0) is 32.8 Å². The topological polar surface area (TPSA) is 129 Å². The number of likely N-dealkylation sites (tertiary alicyclic amines) is 1. The van der Waals surface area contributed by atoms with Crippen LogP contribution in [0.4, 0.5) is 5.69 Å². The van der Waals surface area contributed by atoms with E-state index in [0.717, 1.165) is 32.0 Å². The van der Waals surface area contributed by atoms with Crippen molar-refractivity contribution in [2.75, 3.05) is 33.2 Å². The average molecular weight is 427 g/mol. The fourth-order valence-electron chi connectivity index (χ4n) is 3.16. The van der Waals surface area contributed by atoms with Gasteiger partial charge in [0.1, 0.15) is 0 Å². The van der Waals surface area contributed by atoms with Gasteiger partial charge in [0, 0.05) is 57.4 Å². The SMILES string of the molecule is CN=C(NCCNS(=O)(=O)c1cccc([N+](=O)[O-])c1)NC1CCN(C(C)C)CC1. The van der Waals surface area contributed by atoms with E-state index >= 15 is 0 Å². The predicted molar refractivity (Wildman–Crippen MR) is 113 cm³/mol. The Bertz CT molecular complexity index is 819. The lowest BCUT2D eigenvalue weighted by atomic mass is 10.0. The van der Waals surface area contributed by atoms with E-state index in [0.29, 0.717) is 24.6 Å². The van der Waals surface area contributed by atoms with Gasteiger partial charge in [0.05, 0.1) is 9.82 Å². The normalized spacial score (nSPS) is 16.8. The van der Waals surface area contributed by atoms with Gasteiger partial charge < -0.3 is 15.5 Å². The number of rotatable bonds is 8. The molecule has 10 nitrogen and oxygen atoms in total. The zero-order chi connectivity index (χ0) is 21.4. The standard InChI is InChI=1S/C18H30N6O4S/c1-14(2)23-11-7-15(8-12-23)22-18(19-3)20-9-10-21-29(27,28)17-6-4-5-16(13-17)24(25)26/h4-6,13-15,21H,7-12H2,1-3H3,(H2,19,20,22). The van der Waals surface area contributed by atoms with Crippen molar-refractivity contribution in [3.63, 3.8) is 0 Å². The van der Waals surface area contributed by atoms with Crippen LogP contribution in [0.2, 0.25) is 0 Å². The van der Waals surface area contributed by atoms with Crippen molar-refractivity contribution in [1.29, 1.82) is 0 Å². The molecule has 1 fully saturated rings. The molecule has 1 aliphatic rings. The van der Waals surface area contributed by atoms with Gasteiger partial charge in [-0.2, -0.15) is 0 Å². The fourth-order valence-corrected chi connectivity index (χ4v) is 4.23. The van der Waals surface area contributed by atoms with Gasteiger partial charge in [-0.1, -0.05) is 6.07 Å². The zero-order valence-corrected chi connectivity index (χ0v) is 17.9. The fraction of sp³-hybridized carbons (Fsp3) is 0.611. The Morgan fingerprint density at radius 3 is 2.59 bits per heavy atom. The molecule has 1 saturated heterocycles. The van der Waals surface area contributed by atoms with Crippen molar-refractivity contribution in [2.24, 2.45) is 4.99 Å². The molecule has 2 rings (SSSR count). The van der Waals surface area contributed by atoms with Crippen molar-refractivity contribution in [3.8, 4) is 0 Å². The summed E-state index contributed by atoms with van der Waals surface area (Å²) in [6.07, 6.45) is 2.05. The Kier molecular flexibility index (Phi) is 8.35. The number of nitro groups is 1. The molecular formula is C18H30N6O4S. The number of sulfonamides is 1. The van der Waals surface area contributed by atoms with Crippen LogP contribution in [-0.2, 0) is 10.0 Å². The van der Waals surface area contributed by atoms with Gasteiger partial charge in [0.25, 0.3) is 5.69 Å². The maximum absolute atomic E-state index is 12.3. The van der Waals surface area contributed by atoms with Crippen molar-refractivity contribution < 1.29 is 13.3 Å². The second-order valence-electron chi connectivity index (χ2n) is 7.20. The first kappa shape index (κ1) is 23.0. The predicted octanol–water partition coefficient (Wildman–Crippen LogP) is 0.911. The van der Waals surface area contributed by atoms with E-state index in [-0.39, 0.29) is 17.1 Å². The van der Waals surface area contributed by atoms with Crippen LogP contribution in [0.5, 0.6) is 0 Å². The summed E-state index contributed by atoms with van der Waals surface area (Å²) in [7, 11) is -2.15.